The van der Waals surface area contributed by atoms with Crippen LogP contribution in [0.1, 0.15) is 12.1 Å². The number of halogens is 2. The fourth-order valence-electron chi connectivity index (χ4n) is 2.51. The van der Waals surface area contributed by atoms with E-state index < -0.39 is 0 Å². The molecule has 3 heterocycles. The highest BCUT2D eigenvalue weighted by Crippen LogP contribution is 2.22. The van der Waals surface area contributed by atoms with Gasteiger partial charge in [-0.2, -0.15) is 0 Å². The minimum atomic E-state index is 0. The first kappa shape index (κ1) is 19.8. The molecule has 1 unspecified atom stereocenters. The Labute approximate surface area is 152 Å². The molecule has 0 saturated carbocycles. The second kappa shape index (κ2) is 9.17. The normalized spacial score (nSPS) is 16.6. The summed E-state index contributed by atoms with van der Waals surface area (Å²) >= 11 is 1.53. The van der Waals surface area contributed by atoms with Crippen molar-refractivity contribution in [2.45, 2.75) is 12.8 Å². The first-order chi connectivity index (χ1) is 10.3. The van der Waals surface area contributed by atoms with Gasteiger partial charge in [0, 0.05) is 24.7 Å². The van der Waals surface area contributed by atoms with Crippen LogP contribution in [-0.2, 0) is 11.2 Å². The van der Waals surface area contributed by atoms with Crippen LogP contribution in [0, 0.1) is 5.92 Å². The maximum absolute atomic E-state index is 12.3. The summed E-state index contributed by atoms with van der Waals surface area (Å²) in [6.45, 7) is 2.26. The van der Waals surface area contributed by atoms with Crippen molar-refractivity contribution in [3.05, 3.63) is 35.5 Å². The predicted molar refractivity (Wildman–Crippen MR) is 97.3 cm³/mol. The zero-order chi connectivity index (χ0) is 14.7. The molecule has 2 aromatic rings. The second-order valence-corrected chi connectivity index (χ2v) is 6.12. The lowest BCUT2D eigenvalue weighted by molar-refractivity contribution is -0.129. The Morgan fingerprint density at radius 1 is 1.39 bits per heavy atom. The second-order valence-electron chi connectivity index (χ2n) is 5.27. The lowest BCUT2D eigenvalue weighted by atomic mass is 10.1. The van der Waals surface area contributed by atoms with Crippen LogP contribution in [0.15, 0.2) is 29.8 Å². The maximum atomic E-state index is 12.3. The van der Waals surface area contributed by atoms with E-state index in [0.29, 0.717) is 18.9 Å². The van der Waals surface area contributed by atoms with Crippen LogP contribution in [0.5, 0.6) is 0 Å². The van der Waals surface area contributed by atoms with Gasteiger partial charge in [0.05, 0.1) is 17.8 Å². The van der Waals surface area contributed by atoms with Gasteiger partial charge < -0.3 is 10.6 Å². The number of hydrogen-bond acceptors (Lipinski definition) is 5. The topological polar surface area (TPSA) is 72.1 Å². The molecular weight excluding hydrogens is 355 g/mol. The Bertz CT molecular complexity index is 623. The first-order valence-corrected chi connectivity index (χ1v) is 7.98. The van der Waals surface area contributed by atoms with Gasteiger partial charge in [-0.25, -0.2) is 4.98 Å². The third-order valence-electron chi connectivity index (χ3n) is 3.74. The van der Waals surface area contributed by atoms with Crippen molar-refractivity contribution in [1.82, 2.24) is 14.9 Å². The number of nitrogens with zero attached hydrogens (tertiary/aromatic N) is 3. The van der Waals surface area contributed by atoms with Gasteiger partial charge in [0.15, 0.2) is 0 Å². The van der Waals surface area contributed by atoms with Crippen LogP contribution < -0.4 is 5.73 Å². The van der Waals surface area contributed by atoms with E-state index in [1.807, 2.05) is 28.5 Å². The van der Waals surface area contributed by atoms with Gasteiger partial charge in [-0.1, -0.05) is 6.07 Å². The van der Waals surface area contributed by atoms with Crippen LogP contribution in [0.2, 0.25) is 0 Å². The molecule has 5 nitrogen and oxygen atoms in total. The third kappa shape index (κ3) is 4.88. The average Bonchev–Trinajstić information content (AvgIpc) is 3.17. The summed E-state index contributed by atoms with van der Waals surface area (Å²) in [6.07, 6.45) is 3.12. The summed E-state index contributed by atoms with van der Waals surface area (Å²) < 4.78 is 0. The number of likely N-dealkylation sites (tertiary alicyclic amines) is 1. The predicted octanol–water partition coefficient (Wildman–Crippen LogP) is 2.40. The largest absolute Gasteiger partial charge is 0.342 e. The van der Waals surface area contributed by atoms with Gasteiger partial charge in [-0.3, -0.25) is 9.78 Å². The molecule has 1 fully saturated rings. The van der Waals surface area contributed by atoms with Crippen molar-refractivity contribution in [3.63, 3.8) is 0 Å². The molecule has 8 heteroatoms. The molecular formula is C15H20Cl2N4OS. The fourth-order valence-corrected chi connectivity index (χ4v) is 3.31. The Hall–Kier alpha value is -1.21. The van der Waals surface area contributed by atoms with E-state index in [9.17, 15) is 4.79 Å². The van der Waals surface area contributed by atoms with E-state index in [1.54, 1.807) is 6.20 Å². The van der Waals surface area contributed by atoms with Gasteiger partial charge in [0.2, 0.25) is 5.91 Å². The Balaban J connectivity index is 0.00000132. The van der Waals surface area contributed by atoms with Gasteiger partial charge in [0.1, 0.15) is 5.01 Å². The maximum Gasteiger partial charge on any atom is 0.228 e. The number of nitrogens with two attached hydrogens (primary N) is 1. The Morgan fingerprint density at radius 2 is 2.22 bits per heavy atom. The fraction of sp³-hybridized carbons (Fsp3) is 0.400. The summed E-state index contributed by atoms with van der Waals surface area (Å²) in [5, 5.41) is 2.80. The average molecular weight is 375 g/mol. The summed E-state index contributed by atoms with van der Waals surface area (Å²) in [5.74, 6) is 0.595. The molecule has 0 aromatic carbocycles. The lowest BCUT2D eigenvalue weighted by Gasteiger charge is -2.15. The van der Waals surface area contributed by atoms with E-state index in [-0.39, 0.29) is 30.7 Å². The molecule has 2 N–H and O–H groups in total. The highest BCUT2D eigenvalue weighted by Gasteiger charge is 2.25. The number of carbonyl (C=O) groups is 1. The zero-order valence-electron chi connectivity index (χ0n) is 12.6. The SMILES string of the molecule is Cl.Cl.NCC1CCN(C(=O)Cc2csc(-c3ccccn3)n2)C1. The number of thiazole rings is 1. The molecule has 0 radical (unpaired) electrons. The first-order valence-electron chi connectivity index (χ1n) is 7.10. The minimum Gasteiger partial charge on any atom is -0.342 e. The lowest BCUT2D eigenvalue weighted by Crippen LogP contribution is -2.31. The number of carbonyl (C=O) groups excluding carboxylic acids is 1. The molecule has 126 valence electrons. The molecule has 0 bridgehead atoms. The summed E-state index contributed by atoms with van der Waals surface area (Å²) in [4.78, 5) is 22.9. The minimum absolute atomic E-state index is 0. The molecule has 1 atom stereocenters. The van der Waals surface area contributed by atoms with Gasteiger partial charge >= 0.3 is 0 Å². The highest BCUT2D eigenvalue weighted by atomic mass is 35.5. The molecule has 0 spiro atoms. The molecule has 0 aliphatic carbocycles. The van der Waals surface area contributed by atoms with E-state index in [2.05, 4.69) is 9.97 Å². The van der Waals surface area contributed by atoms with Gasteiger partial charge in [-0.05, 0) is 31.0 Å². The van der Waals surface area contributed by atoms with Crippen molar-refractivity contribution >= 4 is 42.1 Å². The molecule has 1 amide bonds. The number of aromatic nitrogens is 2. The zero-order valence-corrected chi connectivity index (χ0v) is 15.0. The van der Waals surface area contributed by atoms with Gasteiger partial charge in [-0.15, -0.1) is 36.2 Å². The molecule has 3 rings (SSSR count). The van der Waals surface area contributed by atoms with Crippen LogP contribution in [0.25, 0.3) is 10.7 Å². The molecule has 23 heavy (non-hydrogen) atoms. The number of amides is 1. The van der Waals surface area contributed by atoms with E-state index in [1.165, 1.54) is 11.3 Å². The number of hydrogen-bond donors (Lipinski definition) is 1. The highest BCUT2D eigenvalue weighted by molar-refractivity contribution is 7.13. The number of rotatable bonds is 4. The van der Waals surface area contributed by atoms with Crippen molar-refractivity contribution in [2.24, 2.45) is 11.7 Å². The van der Waals surface area contributed by atoms with Crippen molar-refractivity contribution in [2.75, 3.05) is 19.6 Å². The molecule has 1 saturated heterocycles. The van der Waals surface area contributed by atoms with E-state index in [0.717, 1.165) is 35.9 Å². The van der Waals surface area contributed by atoms with Crippen LogP contribution in [0.3, 0.4) is 0 Å². The smallest absolute Gasteiger partial charge is 0.228 e. The van der Waals surface area contributed by atoms with Crippen LogP contribution >= 0.6 is 36.2 Å². The van der Waals surface area contributed by atoms with Gasteiger partial charge in [0.25, 0.3) is 0 Å². The number of pyridine rings is 1. The van der Waals surface area contributed by atoms with E-state index >= 15 is 0 Å². The summed E-state index contributed by atoms with van der Waals surface area (Å²) in [6, 6.07) is 5.74. The van der Waals surface area contributed by atoms with Crippen molar-refractivity contribution in [1.29, 1.82) is 0 Å². The van der Waals surface area contributed by atoms with E-state index in [4.69, 9.17) is 5.73 Å². The standard InChI is InChI=1S/C15H18N4OS.2ClH/c16-8-11-4-6-19(9-11)14(20)7-12-10-21-15(18-12)13-3-1-2-5-17-13;;/h1-3,5,10-11H,4,6-9,16H2;2*1H. The van der Waals surface area contributed by atoms with Crippen LogP contribution in [0.4, 0.5) is 0 Å². The van der Waals surface area contributed by atoms with Crippen LogP contribution in [-0.4, -0.2) is 40.4 Å². The monoisotopic (exact) mass is 374 g/mol. The molecule has 2 aromatic heterocycles. The third-order valence-corrected chi connectivity index (χ3v) is 4.65. The molecule has 1 aliphatic heterocycles. The summed E-state index contributed by atoms with van der Waals surface area (Å²) in [7, 11) is 0. The van der Waals surface area contributed by atoms with Crippen molar-refractivity contribution < 1.29 is 4.79 Å². The molecule has 1 aliphatic rings. The Kier molecular flexibility index (Phi) is 7.91. The summed E-state index contributed by atoms with van der Waals surface area (Å²) in [5.41, 5.74) is 7.33. The quantitative estimate of drug-likeness (QED) is 0.891. The Morgan fingerprint density at radius 3 is 2.87 bits per heavy atom. The van der Waals surface area contributed by atoms with Crippen molar-refractivity contribution in [3.8, 4) is 10.7 Å².